The fourth-order valence-electron chi connectivity index (χ4n) is 10.8. The number of carbonyl (C=O) groups excluding carboxylic acids is 3. The molecule has 85 heavy (non-hydrogen) atoms. The maximum Gasteiger partial charge on any atom is 1.00 e. The van der Waals surface area contributed by atoms with Crippen LogP contribution in [0, 0.1) is 11.6 Å². The Hall–Kier alpha value is -5.19. The minimum atomic E-state index is -1.86. The van der Waals surface area contributed by atoms with Gasteiger partial charge in [-0.1, -0.05) is 41.8 Å². The van der Waals surface area contributed by atoms with Crippen molar-refractivity contribution in [1.82, 2.24) is 9.97 Å². The average molecular weight is 1250 g/mol. The first-order valence-electron chi connectivity index (χ1n) is 28.3. The van der Waals surface area contributed by atoms with Gasteiger partial charge in [0.15, 0.2) is 33.3 Å². The van der Waals surface area contributed by atoms with Crippen LogP contribution in [0.4, 0.5) is 19.0 Å². The fourth-order valence-corrected chi connectivity index (χ4v) is 11.9. The van der Waals surface area contributed by atoms with Crippen molar-refractivity contribution in [2.24, 2.45) is 0 Å². The molecule has 4 aromatic carbocycles. The van der Waals surface area contributed by atoms with E-state index in [1.54, 1.807) is 32.0 Å². The van der Waals surface area contributed by atoms with Crippen LogP contribution in [-0.4, -0.2) is 92.9 Å². The average Bonchev–Trinajstić information content (AvgIpc) is 2.02. The summed E-state index contributed by atoms with van der Waals surface area (Å²) in [6.07, 6.45) is 15.1. The van der Waals surface area contributed by atoms with Gasteiger partial charge in [-0.15, -0.1) is 22.7 Å². The Morgan fingerprint density at radius 3 is 1.47 bits per heavy atom. The summed E-state index contributed by atoms with van der Waals surface area (Å²) in [6.45, 7) is 11.6. The van der Waals surface area contributed by atoms with Gasteiger partial charge in [0.2, 0.25) is 11.8 Å². The fraction of sp³-hybridized carbons (Fsp3) is 0.452. The first-order valence-corrected chi connectivity index (χ1v) is 33.5. The summed E-state index contributed by atoms with van der Waals surface area (Å²) in [5.74, 6) is -1.80. The summed E-state index contributed by atoms with van der Waals surface area (Å²) in [4.78, 5) is 67.5. The van der Waals surface area contributed by atoms with Gasteiger partial charge in [0.05, 0.1) is 30.4 Å². The zero-order valence-electron chi connectivity index (χ0n) is 49.3. The van der Waals surface area contributed by atoms with Gasteiger partial charge < -0.3 is 53.7 Å². The van der Waals surface area contributed by atoms with Crippen LogP contribution in [0.3, 0.4) is 0 Å². The number of hydrogen-bond donors (Lipinski definition) is 3. The Labute approximate surface area is 546 Å². The third-order valence-corrected chi connectivity index (χ3v) is 16.2. The summed E-state index contributed by atoms with van der Waals surface area (Å²) < 4.78 is 70.2. The molecule has 0 radical (unpaired) electrons. The Kier molecular flexibility index (Phi) is 24.7. The number of aromatic nitrogens is 2. The number of hydrogen-bond acceptors (Lipinski definition) is 16. The molecule has 10 rings (SSSR count). The number of halogens is 2. The van der Waals surface area contributed by atoms with E-state index in [1.165, 1.54) is 54.0 Å². The molecule has 4 atom stereocenters. The molecule has 2 aliphatic carbocycles. The van der Waals surface area contributed by atoms with Crippen LogP contribution in [0.5, 0.6) is 34.5 Å². The molecular weight excluding hydrogens is 1180 g/mol. The van der Waals surface area contributed by atoms with E-state index in [0.717, 1.165) is 118 Å². The van der Waals surface area contributed by atoms with Gasteiger partial charge in [-0.05, 0) is 148 Å². The molecule has 4 heterocycles. The van der Waals surface area contributed by atoms with Gasteiger partial charge in [-0.3, -0.25) is 9.59 Å². The molecule has 450 valence electrons. The second kappa shape index (κ2) is 31.1. The van der Waals surface area contributed by atoms with Gasteiger partial charge in [0.25, 0.3) is 0 Å². The zero-order valence-corrected chi connectivity index (χ0v) is 55.0. The van der Waals surface area contributed by atoms with Gasteiger partial charge in [-0.25, -0.2) is 28.3 Å². The number of aromatic carboxylic acids is 1. The van der Waals surface area contributed by atoms with Gasteiger partial charge in [0.1, 0.15) is 36.3 Å². The number of carboxylic acid groups (broad SMARTS) is 1. The first-order chi connectivity index (χ1) is 40.1. The summed E-state index contributed by atoms with van der Waals surface area (Å²) >= 11 is 2.74. The molecule has 0 saturated carbocycles. The molecule has 2 aliphatic heterocycles. The molecule has 17 nitrogen and oxygen atoms in total. The van der Waals surface area contributed by atoms with E-state index in [4.69, 9.17) is 28.4 Å². The molecule has 23 heteroatoms. The molecule has 2 unspecified atom stereocenters. The second-order valence-corrected chi connectivity index (χ2v) is 28.9. The number of thiazole rings is 2. The van der Waals surface area contributed by atoms with Gasteiger partial charge in [-0.2, -0.15) is 0 Å². The second-order valence-electron chi connectivity index (χ2n) is 22.9. The molecular formula is C62H73F2KN4O13S2Si. The Morgan fingerprint density at radius 2 is 1.11 bits per heavy atom. The van der Waals surface area contributed by atoms with Crippen molar-refractivity contribution in [3.05, 3.63) is 129 Å². The predicted molar refractivity (Wildman–Crippen MR) is 317 cm³/mol. The molecule has 3 N–H and O–H groups in total. The molecule has 2 fully saturated rings. The van der Waals surface area contributed by atoms with Crippen molar-refractivity contribution in [1.29, 1.82) is 0 Å². The van der Waals surface area contributed by atoms with Crippen LogP contribution >= 0.6 is 22.7 Å². The number of nitrogens with one attached hydrogen (secondary N) is 2. The van der Waals surface area contributed by atoms with E-state index < -0.39 is 48.3 Å². The monoisotopic (exact) mass is 1250 g/mol. The quantitative estimate of drug-likeness (QED) is 0.0538. The first kappa shape index (κ1) is 67.3. The minimum Gasteiger partial charge on any atom is -0.859 e. The van der Waals surface area contributed by atoms with E-state index in [2.05, 4.69) is 39.2 Å². The molecule has 2 amide bonds. The number of aryl methyl sites for hydroxylation is 2. The van der Waals surface area contributed by atoms with Crippen molar-refractivity contribution in [2.75, 3.05) is 44.2 Å². The van der Waals surface area contributed by atoms with Crippen LogP contribution in [-0.2, 0) is 47.5 Å². The number of anilines is 2. The smallest absolute Gasteiger partial charge is 0.859 e. The topological polar surface area (TPSA) is 226 Å². The van der Waals surface area contributed by atoms with E-state index in [-0.39, 0.29) is 105 Å². The van der Waals surface area contributed by atoms with E-state index in [0.29, 0.717) is 53.1 Å². The third-order valence-electron chi connectivity index (χ3n) is 14.8. The summed E-state index contributed by atoms with van der Waals surface area (Å²) in [7, 11) is -0.660. The number of methoxy groups -OCH3 is 1. The van der Waals surface area contributed by atoms with Crippen LogP contribution in [0.15, 0.2) is 83.8 Å². The maximum atomic E-state index is 14.7. The SMILES string of the molecule is COC(=O)c1ccc(Oc2cc3c(cc2OCC2CCCCO2)CCC[C@]3(C)CC(=O)Nc2nccs2)cc1F.C[C@]1(CC(=O)Nc2nccs2)CCCc2cc(OCC3CCCCO3)c(Oc3ccc(C(=O)O)c(F)c3)cc21.C[Si](C)(C)[O-].[K+]. The number of nitrogens with zero attached hydrogens (tertiary/aromatic N) is 2. The van der Waals surface area contributed by atoms with Gasteiger partial charge in [0, 0.05) is 72.2 Å². The number of amides is 2. The zero-order chi connectivity index (χ0) is 60.0. The van der Waals surface area contributed by atoms with E-state index in [1.807, 2.05) is 35.0 Å². The normalized spacial score (nSPS) is 19.7. The molecule has 2 aromatic heterocycles. The number of fused-ring (bicyclic) bond motifs is 2. The number of rotatable bonds is 18. The van der Waals surface area contributed by atoms with E-state index >= 15 is 0 Å². The third kappa shape index (κ3) is 19.4. The van der Waals surface area contributed by atoms with Crippen molar-refractivity contribution in [3.63, 3.8) is 0 Å². The van der Waals surface area contributed by atoms with Crippen molar-refractivity contribution in [2.45, 2.75) is 146 Å². The van der Waals surface area contributed by atoms with Crippen molar-refractivity contribution < 1.29 is 122 Å². The maximum absolute atomic E-state index is 14.7. The predicted octanol–water partition coefficient (Wildman–Crippen LogP) is 9.96. The number of ether oxygens (including phenoxy) is 7. The van der Waals surface area contributed by atoms with Crippen LogP contribution in [0.25, 0.3) is 0 Å². The standard InChI is InChI=1S/C30H33FN2O6S.C29H31FN2O6S.C3H9OSi.K/c1-30(17-27(34)33-29-32-11-13-40-29)10-5-6-19-14-25(38-18-21-7-3-4-12-37-21)26(16-23(19)30)39-20-8-9-22(24(31)15-20)28(35)36-2;1-29(16-26(33)32-28-31-10-12-39-28)9-4-5-18-13-24(37-17-20-6-2-3-11-36-20)25(15-22(18)29)38-19-7-8-21(27(34)35)23(30)14-19;1-5(2,3)4;/h8-9,11,13-16,21H,3-7,10,12,17-18H2,1-2H3,(H,32,33,34);7-8,10,12-15,20H,2-6,9,11,16-17H2,1H3,(H,34,35)(H,31,32,33);1-3H3;/q;;-1;+1/t21?,30-;20?,29-;;/m11../s1. The van der Waals surface area contributed by atoms with Crippen LogP contribution < -0.4 is 85.8 Å². The van der Waals surface area contributed by atoms with Crippen molar-refractivity contribution in [3.8, 4) is 34.5 Å². The number of carbonyl (C=O) groups is 4. The number of benzene rings is 4. The van der Waals surface area contributed by atoms with Crippen LogP contribution in [0.1, 0.15) is 134 Å². The summed E-state index contributed by atoms with van der Waals surface area (Å²) in [6, 6.07) is 15.4. The van der Waals surface area contributed by atoms with Crippen LogP contribution in [0.2, 0.25) is 19.6 Å². The molecule has 2 saturated heterocycles. The summed E-state index contributed by atoms with van der Waals surface area (Å²) in [5, 5.41) is 19.7. The number of esters is 1. The molecule has 6 aromatic rings. The minimum absolute atomic E-state index is 0. The molecule has 0 bridgehead atoms. The Bertz CT molecular complexity index is 3230. The molecule has 4 aliphatic rings. The Morgan fingerprint density at radius 1 is 0.671 bits per heavy atom. The molecule has 0 spiro atoms. The summed E-state index contributed by atoms with van der Waals surface area (Å²) in [5.41, 5.74) is 2.62. The Balaban J connectivity index is 0.000000223. The largest absolute Gasteiger partial charge is 1.00 e. The van der Waals surface area contributed by atoms with E-state index in [9.17, 15) is 37.9 Å². The number of carboxylic acids is 1. The van der Waals surface area contributed by atoms with Gasteiger partial charge >= 0.3 is 63.3 Å². The van der Waals surface area contributed by atoms with Crippen molar-refractivity contribution >= 4 is 65.0 Å².